The Kier molecular flexibility index (Phi) is 6.09. The van der Waals surface area contributed by atoms with Crippen molar-refractivity contribution in [1.82, 2.24) is 15.1 Å². The van der Waals surface area contributed by atoms with Crippen LogP contribution in [0, 0.1) is 11.8 Å². The van der Waals surface area contributed by atoms with Gasteiger partial charge >= 0.3 is 0 Å². The van der Waals surface area contributed by atoms with Crippen LogP contribution in [0.3, 0.4) is 0 Å². The Labute approximate surface area is 139 Å². The molecule has 3 heterocycles. The lowest BCUT2D eigenvalue weighted by Gasteiger charge is -2.31. The van der Waals surface area contributed by atoms with E-state index in [1.54, 1.807) is 0 Å². The molecule has 2 amide bonds. The molecule has 3 rings (SSSR count). The molecule has 3 aliphatic heterocycles. The van der Waals surface area contributed by atoms with Gasteiger partial charge in [-0.2, -0.15) is 0 Å². The summed E-state index contributed by atoms with van der Waals surface area (Å²) in [6.45, 7) is 6.71. The lowest BCUT2D eigenvalue weighted by molar-refractivity contribution is -0.143. The van der Waals surface area contributed by atoms with Gasteiger partial charge in [0.2, 0.25) is 11.8 Å². The quantitative estimate of drug-likeness (QED) is 0.848. The molecule has 1 N–H and O–H groups in total. The zero-order chi connectivity index (χ0) is 14.8. The minimum atomic E-state index is -0.226. The summed E-state index contributed by atoms with van der Waals surface area (Å²) in [5.74, 6) is 1.80. The molecule has 22 heavy (non-hydrogen) atoms. The first-order chi connectivity index (χ1) is 10.2. The summed E-state index contributed by atoms with van der Waals surface area (Å²) in [5, 5.41) is 3.46. The molecule has 126 valence electrons. The van der Waals surface area contributed by atoms with Crippen molar-refractivity contribution in [3.05, 3.63) is 0 Å². The molecule has 0 saturated carbocycles. The van der Waals surface area contributed by atoms with Gasteiger partial charge in [0.1, 0.15) is 6.04 Å². The highest BCUT2D eigenvalue weighted by molar-refractivity contribution is 5.88. The Morgan fingerprint density at radius 1 is 1.23 bits per heavy atom. The molecule has 0 radical (unpaired) electrons. The minimum Gasteiger partial charge on any atom is -0.341 e. The van der Waals surface area contributed by atoms with Gasteiger partial charge in [0.15, 0.2) is 0 Å². The van der Waals surface area contributed by atoms with Gasteiger partial charge in [-0.15, -0.1) is 12.4 Å². The fourth-order valence-electron chi connectivity index (χ4n) is 4.18. The molecule has 0 aromatic rings. The fourth-order valence-corrected chi connectivity index (χ4v) is 4.18. The largest absolute Gasteiger partial charge is 0.341 e. The molecule has 0 aliphatic carbocycles. The van der Waals surface area contributed by atoms with Gasteiger partial charge < -0.3 is 15.1 Å². The second-order valence-corrected chi connectivity index (χ2v) is 6.70. The molecule has 3 aliphatic rings. The third-order valence-corrected chi connectivity index (χ3v) is 5.49. The summed E-state index contributed by atoms with van der Waals surface area (Å²) < 4.78 is 0. The molecular weight excluding hydrogens is 302 g/mol. The fraction of sp³-hybridized carbons (Fsp3) is 0.875. The summed E-state index contributed by atoms with van der Waals surface area (Å²) in [6.07, 6.45) is 4.45. The van der Waals surface area contributed by atoms with E-state index in [0.717, 1.165) is 70.2 Å². The third-order valence-electron chi connectivity index (χ3n) is 5.49. The highest BCUT2D eigenvalue weighted by atomic mass is 35.5. The Morgan fingerprint density at radius 2 is 1.86 bits per heavy atom. The van der Waals surface area contributed by atoms with E-state index in [2.05, 4.69) is 5.32 Å². The highest BCUT2D eigenvalue weighted by Crippen LogP contribution is 2.28. The SMILES string of the molecule is CCC(C(=O)N1CC[C@@H]2CNC[C@@H]2CC1)N1CCCC1=O.Cl. The molecule has 0 aromatic heterocycles. The van der Waals surface area contributed by atoms with Crippen LogP contribution in [0.4, 0.5) is 0 Å². The highest BCUT2D eigenvalue weighted by Gasteiger charge is 2.36. The van der Waals surface area contributed by atoms with E-state index in [9.17, 15) is 9.59 Å². The molecule has 0 bridgehead atoms. The Hall–Kier alpha value is -0.810. The summed E-state index contributed by atoms with van der Waals surface area (Å²) in [7, 11) is 0. The summed E-state index contributed by atoms with van der Waals surface area (Å²) in [6, 6.07) is -0.226. The van der Waals surface area contributed by atoms with Crippen molar-refractivity contribution in [2.75, 3.05) is 32.7 Å². The van der Waals surface area contributed by atoms with Gasteiger partial charge in [-0.05, 0) is 50.6 Å². The predicted octanol–water partition coefficient (Wildman–Crippen LogP) is 1.27. The van der Waals surface area contributed by atoms with E-state index in [-0.39, 0.29) is 30.3 Å². The van der Waals surface area contributed by atoms with E-state index < -0.39 is 0 Å². The molecule has 0 spiro atoms. The second-order valence-electron chi connectivity index (χ2n) is 6.70. The van der Waals surface area contributed by atoms with E-state index in [1.165, 1.54) is 0 Å². The monoisotopic (exact) mass is 329 g/mol. The van der Waals surface area contributed by atoms with Gasteiger partial charge in [-0.25, -0.2) is 0 Å². The van der Waals surface area contributed by atoms with Crippen molar-refractivity contribution >= 4 is 24.2 Å². The van der Waals surface area contributed by atoms with E-state index >= 15 is 0 Å². The number of amides is 2. The Balaban J connectivity index is 0.00000176. The maximum atomic E-state index is 12.9. The van der Waals surface area contributed by atoms with Crippen LogP contribution in [0.1, 0.15) is 39.0 Å². The average Bonchev–Trinajstić information content (AvgIpc) is 3.05. The number of fused-ring (bicyclic) bond motifs is 1. The van der Waals surface area contributed by atoms with Crippen LogP contribution in [-0.4, -0.2) is 60.4 Å². The molecule has 0 aromatic carbocycles. The molecule has 1 unspecified atom stereocenters. The number of halogens is 1. The summed E-state index contributed by atoms with van der Waals surface area (Å²) in [5.41, 5.74) is 0. The van der Waals surface area contributed by atoms with E-state index in [1.807, 2.05) is 16.7 Å². The van der Waals surface area contributed by atoms with Crippen molar-refractivity contribution in [2.45, 2.75) is 45.1 Å². The van der Waals surface area contributed by atoms with Crippen LogP contribution >= 0.6 is 12.4 Å². The van der Waals surface area contributed by atoms with Crippen molar-refractivity contribution in [3.63, 3.8) is 0 Å². The molecular formula is C16H28ClN3O2. The molecule has 3 fully saturated rings. The molecule has 3 atom stereocenters. The van der Waals surface area contributed by atoms with Crippen molar-refractivity contribution < 1.29 is 9.59 Å². The van der Waals surface area contributed by atoms with Gasteiger partial charge in [0, 0.05) is 26.1 Å². The van der Waals surface area contributed by atoms with Gasteiger partial charge in [0.25, 0.3) is 0 Å². The second kappa shape index (κ2) is 7.64. The number of carbonyl (C=O) groups is 2. The first-order valence-electron chi connectivity index (χ1n) is 8.49. The molecule has 6 heteroatoms. The van der Waals surface area contributed by atoms with Crippen molar-refractivity contribution in [3.8, 4) is 0 Å². The number of rotatable bonds is 3. The topological polar surface area (TPSA) is 52.7 Å². The number of nitrogens with zero attached hydrogens (tertiary/aromatic N) is 2. The summed E-state index contributed by atoms with van der Waals surface area (Å²) >= 11 is 0. The van der Waals surface area contributed by atoms with E-state index in [0.29, 0.717) is 6.42 Å². The van der Waals surface area contributed by atoms with Gasteiger partial charge in [-0.3, -0.25) is 9.59 Å². The summed E-state index contributed by atoms with van der Waals surface area (Å²) in [4.78, 5) is 28.6. The number of likely N-dealkylation sites (tertiary alicyclic amines) is 2. The Morgan fingerprint density at radius 3 is 2.36 bits per heavy atom. The van der Waals surface area contributed by atoms with Crippen LogP contribution in [-0.2, 0) is 9.59 Å². The van der Waals surface area contributed by atoms with Crippen LogP contribution in [0.5, 0.6) is 0 Å². The Bertz CT molecular complexity index is 404. The minimum absolute atomic E-state index is 0. The number of nitrogens with one attached hydrogen (secondary N) is 1. The van der Waals surface area contributed by atoms with Crippen molar-refractivity contribution in [1.29, 1.82) is 0 Å². The van der Waals surface area contributed by atoms with Crippen molar-refractivity contribution in [2.24, 2.45) is 11.8 Å². The van der Waals surface area contributed by atoms with E-state index in [4.69, 9.17) is 0 Å². The van der Waals surface area contributed by atoms with Crippen LogP contribution in [0.2, 0.25) is 0 Å². The maximum Gasteiger partial charge on any atom is 0.245 e. The molecule has 5 nitrogen and oxygen atoms in total. The van der Waals surface area contributed by atoms with Gasteiger partial charge in [-0.1, -0.05) is 6.92 Å². The first kappa shape index (κ1) is 17.5. The average molecular weight is 330 g/mol. The van der Waals surface area contributed by atoms with Crippen LogP contribution in [0.25, 0.3) is 0 Å². The number of carbonyl (C=O) groups excluding carboxylic acids is 2. The zero-order valence-corrected chi connectivity index (χ0v) is 14.2. The van der Waals surface area contributed by atoms with Crippen LogP contribution < -0.4 is 5.32 Å². The lowest BCUT2D eigenvalue weighted by atomic mass is 9.92. The predicted molar refractivity (Wildman–Crippen MR) is 87.9 cm³/mol. The van der Waals surface area contributed by atoms with Gasteiger partial charge in [0.05, 0.1) is 0 Å². The first-order valence-corrected chi connectivity index (χ1v) is 8.49. The van der Waals surface area contributed by atoms with Crippen LogP contribution in [0.15, 0.2) is 0 Å². The third kappa shape index (κ3) is 3.40. The smallest absolute Gasteiger partial charge is 0.245 e. The number of hydrogen-bond donors (Lipinski definition) is 1. The maximum absolute atomic E-state index is 12.9. The standard InChI is InChI=1S/C16H27N3O2.ClH/c1-2-14(19-7-3-4-15(19)20)16(21)18-8-5-12-10-17-11-13(12)6-9-18;/h12-14,17H,2-11H2,1H3;1H/t12-,13+,14?;. The normalized spacial score (nSPS) is 29.8. The molecule has 3 saturated heterocycles. The lowest BCUT2D eigenvalue weighted by Crippen LogP contribution is -2.49. The zero-order valence-electron chi connectivity index (χ0n) is 13.4. The number of hydrogen-bond acceptors (Lipinski definition) is 3.